The Morgan fingerprint density at radius 2 is 1.84 bits per heavy atom. The molecule has 1 aliphatic heterocycles. The molecule has 0 bridgehead atoms. The van der Waals surface area contributed by atoms with Crippen molar-refractivity contribution in [3.8, 4) is 11.5 Å². The zero-order chi connectivity index (χ0) is 30.9. The van der Waals surface area contributed by atoms with E-state index in [1.165, 1.54) is 18.3 Å². The first-order valence-corrected chi connectivity index (χ1v) is 14.2. The van der Waals surface area contributed by atoms with E-state index < -0.39 is 17.9 Å². The second-order valence-corrected chi connectivity index (χ2v) is 10.4. The van der Waals surface area contributed by atoms with E-state index in [-0.39, 0.29) is 41.4 Å². The molecule has 1 atom stereocenters. The number of para-hydroxylation sites is 1. The maximum absolute atomic E-state index is 13.4. The predicted octanol–water partition coefficient (Wildman–Crippen LogP) is 5.60. The van der Waals surface area contributed by atoms with Gasteiger partial charge in [-0.25, -0.2) is 14.6 Å². The summed E-state index contributed by atoms with van der Waals surface area (Å²) in [6, 6.07) is 15.4. The molecule has 0 fully saturated rings. The molecule has 3 N–H and O–H groups in total. The van der Waals surface area contributed by atoms with Crippen molar-refractivity contribution in [3.05, 3.63) is 104 Å². The van der Waals surface area contributed by atoms with E-state index in [4.69, 9.17) is 49.6 Å². The Morgan fingerprint density at radius 1 is 1.09 bits per heavy atom. The molecule has 0 radical (unpaired) electrons. The monoisotopic (exact) mass is 644 g/mol. The number of allylic oxidation sites excluding steroid dienone is 1. The number of hydrogen-bond acceptors (Lipinski definition) is 7. The largest absolute Gasteiger partial charge is 0.486 e. The summed E-state index contributed by atoms with van der Waals surface area (Å²) in [4.78, 5) is 25.2. The highest BCUT2D eigenvalue weighted by Crippen LogP contribution is 2.35. The molecule has 0 aromatic heterocycles. The first-order valence-electron chi connectivity index (χ1n) is 13.0. The van der Waals surface area contributed by atoms with Gasteiger partial charge in [0.25, 0.3) is 5.91 Å². The third kappa shape index (κ3) is 8.44. The number of carbonyl (C=O) groups excluding carboxylic acids is 2. The van der Waals surface area contributed by atoms with E-state index >= 15 is 0 Å². The summed E-state index contributed by atoms with van der Waals surface area (Å²) in [7, 11) is 0. The van der Waals surface area contributed by atoms with Gasteiger partial charge in [-0.1, -0.05) is 53.5 Å². The summed E-state index contributed by atoms with van der Waals surface area (Å²) >= 11 is 18.0. The van der Waals surface area contributed by atoms with E-state index in [0.29, 0.717) is 38.8 Å². The standard InChI is InChI=1S/C30H27Cl2FN4O5S/c1-3-40-29(39)26-17(2)35-30(43)36-27(26)21-9-4-5-10-24(21)41-16-25(38)37-34-14-19-12-22(31)28(23(32)13-19)42-15-18-7-6-8-20(33)11-18/h4-14,27H,3,15-16H2,1-2H3,(H,37,38)(H2,35,36,43)/t27-/m0/s1. The lowest BCUT2D eigenvalue weighted by Gasteiger charge is -2.30. The van der Waals surface area contributed by atoms with Crippen molar-refractivity contribution in [2.24, 2.45) is 5.10 Å². The molecule has 3 aromatic carbocycles. The Labute approximate surface area is 263 Å². The molecule has 0 saturated heterocycles. The minimum Gasteiger partial charge on any atom is -0.486 e. The average Bonchev–Trinajstić information content (AvgIpc) is 2.95. The van der Waals surface area contributed by atoms with Crippen molar-refractivity contribution in [2.45, 2.75) is 26.5 Å². The number of esters is 1. The van der Waals surface area contributed by atoms with Gasteiger partial charge in [0.1, 0.15) is 18.2 Å². The van der Waals surface area contributed by atoms with Crippen LogP contribution < -0.4 is 25.5 Å². The van der Waals surface area contributed by atoms with E-state index in [1.807, 2.05) is 0 Å². The molecule has 0 spiro atoms. The molecular weight excluding hydrogens is 618 g/mol. The van der Waals surface area contributed by atoms with E-state index in [0.717, 1.165) is 0 Å². The number of thiocarbonyl (C=S) groups is 1. The Hall–Kier alpha value is -4.19. The SMILES string of the molecule is CCOC(=O)C1=C(C)NC(=S)N[C@H]1c1ccccc1OCC(=O)NN=Cc1cc(Cl)c(OCc2cccc(F)c2)c(Cl)c1. The molecule has 0 unspecified atom stereocenters. The lowest BCUT2D eigenvalue weighted by molar-refractivity contribution is -0.139. The van der Waals surface area contributed by atoms with Crippen molar-refractivity contribution in [3.63, 3.8) is 0 Å². The molecular formula is C30H27Cl2FN4O5S. The van der Waals surface area contributed by atoms with Gasteiger partial charge in [-0.2, -0.15) is 5.10 Å². The van der Waals surface area contributed by atoms with Crippen molar-refractivity contribution >= 4 is 58.6 Å². The lowest BCUT2D eigenvalue weighted by Crippen LogP contribution is -2.45. The first kappa shape index (κ1) is 31.7. The molecule has 1 heterocycles. The fourth-order valence-corrected chi connectivity index (χ4v) is 5.07. The summed E-state index contributed by atoms with van der Waals surface area (Å²) in [6.07, 6.45) is 1.36. The molecule has 9 nitrogen and oxygen atoms in total. The summed E-state index contributed by atoms with van der Waals surface area (Å²) in [6.45, 7) is 3.37. The summed E-state index contributed by atoms with van der Waals surface area (Å²) in [5.41, 5.74) is 5.00. The average molecular weight is 646 g/mol. The highest BCUT2D eigenvalue weighted by atomic mass is 35.5. The number of rotatable bonds is 11. The third-order valence-corrected chi connectivity index (χ3v) is 6.83. The van der Waals surface area contributed by atoms with Crippen LogP contribution in [0.1, 0.15) is 36.6 Å². The normalized spacial score (nSPS) is 14.6. The molecule has 43 heavy (non-hydrogen) atoms. The van der Waals surface area contributed by atoms with Crippen LogP contribution in [0.3, 0.4) is 0 Å². The number of benzene rings is 3. The van der Waals surface area contributed by atoms with E-state index in [9.17, 15) is 14.0 Å². The molecule has 3 aromatic rings. The first-order chi connectivity index (χ1) is 20.7. The maximum Gasteiger partial charge on any atom is 0.338 e. The number of halogens is 3. The van der Waals surface area contributed by atoms with Gasteiger partial charge in [0.05, 0.1) is 34.5 Å². The van der Waals surface area contributed by atoms with Gasteiger partial charge in [0.2, 0.25) is 0 Å². The molecule has 1 aliphatic rings. The van der Waals surface area contributed by atoms with Crippen LogP contribution in [0, 0.1) is 5.82 Å². The number of hydrogen-bond donors (Lipinski definition) is 3. The Balaban J connectivity index is 1.38. The van der Waals surface area contributed by atoms with Crippen LogP contribution in [0.25, 0.3) is 0 Å². The topological polar surface area (TPSA) is 110 Å². The summed E-state index contributed by atoms with van der Waals surface area (Å²) in [5, 5.41) is 10.7. The molecule has 0 aliphatic carbocycles. The van der Waals surface area contributed by atoms with Gasteiger partial charge in [-0.3, -0.25) is 4.79 Å². The van der Waals surface area contributed by atoms with Crippen molar-refractivity contribution < 1.29 is 28.2 Å². The number of hydrazone groups is 1. The number of nitrogens with one attached hydrogen (secondary N) is 3. The predicted molar refractivity (Wildman–Crippen MR) is 166 cm³/mol. The fraction of sp³-hybridized carbons (Fsp3) is 0.200. The van der Waals surface area contributed by atoms with Crippen LogP contribution in [0.5, 0.6) is 11.5 Å². The molecule has 0 saturated carbocycles. The van der Waals surface area contributed by atoms with Crippen LogP contribution in [-0.2, 0) is 20.9 Å². The number of nitrogens with zero attached hydrogens (tertiary/aromatic N) is 1. The highest BCUT2D eigenvalue weighted by molar-refractivity contribution is 7.80. The maximum atomic E-state index is 13.4. The zero-order valence-corrected chi connectivity index (χ0v) is 25.4. The molecule has 13 heteroatoms. The number of ether oxygens (including phenoxy) is 3. The van der Waals surface area contributed by atoms with Gasteiger partial charge in [0.15, 0.2) is 17.5 Å². The van der Waals surface area contributed by atoms with Crippen LogP contribution in [-0.4, -0.2) is 36.4 Å². The van der Waals surface area contributed by atoms with Gasteiger partial charge in [0, 0.05) is 11.3 Å². The van der Waals surface area contributed by atoms with Gasteiger partial charge < -0.3 is 24.8 Å². The van der Waals surface area contributed by atoms with E-state index in [2.05, 4.69) is 21.2 Å². The fourth-order valence-electron chi connectivity index (χ4n) is 4.19. The van der Waals surface area contributed by atoms with E-state index in [1.54, 1.807) is 62.4 Å². The second kappa shape index (κ2) is 14.8. The molecule has 224 valence electrons. The summed E-state index contributed by atoms with van der Waals surface area (Å²) < 4.78 is 30.1. The van der Waals surface area contributed by atoms with Gasteiger partial charge in [-0.15, -0.1) is 0 Å². The highest BCUT2D eigenvalue weighted by Gasteiger charge is 2.32. The quantitative estimate of drug-likeness (QED) is 0.107. The van der Waals surface area contributed by atoms with Crippen LogP contribution >= 0.6 is 35.4 Å². The minimum absolute atomic E-state index is 0.0736. The molecule has 1 amide bonds. The van der Waals surface area contributed by atoms with Crippen molar-refractivity contribution in [1.82, 2.24) is 16.1 Å². The smallest absolute Gasteiger partial charge is 0.338 e. The second-order valence-electron chi connectivity index (χ2n) is 9.14. The number of amides is 1. The lowest BCUT2D eigenvalue weighted by atomic mass is 9.95. The Kier molecular flexibility index (Phi) is 10.9. The van der Waals surface area contributed by atoms with Gasteiger partial charge >= 0.3 is 5.97 Å². The third-order valence-electron chi connectivity index (χ3n) is 6.05. The van der Waals surface area contributed by atoms with Crippen molar-refractivity contribution in [1.29, 1.82) is 0 Å². The Morgan fingerprint density at radius 3 is 2.56 bits per heavy atom. The Bertz CT molecular complexity index is 1580. The van der Waals surface area contributed by atoms with Crippen LogP contribution in [0.2, 0.25) is 10.0 Å². The zero-order valence-electron chi connectivity index (χ0n) is 23.1. The van der Waals surface area contributed by atoms with Crippen LogP contribution in [0.4, 0.5) is 4.39 Å². The van der Waals surface area contributed by atoms with Crippen molar-refractivity contribution in [2.75, 3.05) is 13.2 Å². The number of carbonyl (C=O) groups is 2. The minimum atomic E-state index is -0.652. The van der Waals surface area contributed by atoms with Crippen LogP contribution in [0.15, 0.2) is 77.0 Å². The molecule has 4 rings (SSSR count). The van der Waals surface area contributed by atoms with Gasteiger partial charge in [-0.05, 0) is 67.5 Å². The summed E-state index contributed by atoms with van der Waals surface area (Å²) in [5.74, 6) is -0.808.